The smallest absolute Gasteiger partial charge is 0.348 e. The zero-order valence-corrected chi connectivity index (χ0v) is 10.9. The summed E-state index contributed by atoms with van der Waals surface area (Å²) in [4.78, 5) is 0. The Hall–Kier alpha value is -1.28. The van der Waals surface area contributed by atoms with Crippen molar-refractivity contribution in [2.75, 3.05) is 6.61 Å². The highest BCUT2D eigenvalue weighted by Crippen LogP contribution is 2.38. The van der Waals surface area contributed by atoms with E-state index in [1.165, 1.54) is 0 Å². The van der Waals surface area contributed by atoms with E-state index in [0.717, 1.165) is 0 Å². The van der Waals surface area contributed by atoms with Crippen molar-refractivity contribution in [1.29, 1.82) is 0 Å². The third-order valence-corrected chi connectivity index (χ3v) is 3.03. The minimum atomic E-state index is -4.88. The lowest BCUT2D eigenvalue weighted by Gasteiger charge is -2.29. The second-order valence-electron chi connectivity index (χ2n) is 4.78. The van der Waals surface area contributed by atoms with Gasteiger partial charge < -0.3 is 9.47 Å². The summed E-state index contributed by atoms with van der Waals surface area (Å²) in [6.45, 7) is 1.89. The van der Waals surface area contributed by atoms with Gasteiger partial charge in [0.15, 0.2) is 6.29 Å². The number of hydrogen-bond donors (Lipinski definition) is 0. The van der Waals surface area contributed by atoms with E-state index in [9.17, 15) is 26.3 Å². The molecule has 0 bridgehead atoms. The molecular weight excluding hydrogens is 302 g/mol. The van der Waals surface area contributed by atoms with Gasteiger partial charge in [-0.3, -0.25) is 0 Å². The van der Waals surface area contributed by atoms with Crippen molar-refractivity contribution in [2.24, 2.45) is 0 Å². The molecule has 1 aromatic rings. The molecule has 1 aliphatic heterocycles. The summed E-state index contributed by atoms with van der Waals surface area (Å²) in [6.07, 6.45) is -10.8. The predicted molar refractivity (Wildman–Crippen MR) is 60.3 cm³/mol. The van der Waals surface area contributed by atoms with Crippen LogP contribution in [0.5, 0.6) is 0 Å². The summed E-state index contributed by atoms with van der Waals surface area (Å²) in [5, 5.41) is 0. The van der Waals surface area contributed by atoms with E-state index < -0.39 is 29.8 Å². The molecule has 1 fully saturated rings. The number of halogens is 6. The van der Waals surface area contributed by atoms with Crippen molar-refractivity contribution >= 4 is 0 Å². The van der Waals surface area contributed by atoms with E-state index in [-0.39, 0.29) is 24.3 Å². The number of ether oxygens (including phenoxy) is 2. The fraction of sp³-hybridized carbons (Fsp3) is 0.538. The lowest BCUT2D eigenvalue weighted by atomic mass is 10.0. The van der Waals surface area contributed by atoms with E-state index in [4.69, 9.17) is 9.47 Å². The standard InChI is InChI=1S/C13H12F6O2/c1-7-2-3-20-11(21-7)8-4-9(12(14,15)16)6-10(5-8)13(17,18)19/h4-7,11H,2-3H2,1H3. The average Bonchev–Trinajstić information content (AvgIpc) is 2.36. The van der Waals surface area contributed by atoms with Gasteiger partial charge in [0.25, 0.3) is 0 Å². The van der Waals surface area contributed by atoms with E-state index in [0.29, 0.717) is 18.6 Å². The Balaban J connectivity index is 2.45. The Morgan fingerprint density at radius 1 is 0.952 bits per heavy atom. The van der Waals surface area contributed by atoms with Crippen molar-refractivity contribution in [2.45, 2.75) is 38.1 Å². The second kappa shape index (κ2) is 5.49. The van der Waals surface area contributed by atoms with Gasteiger partial charge in [-0.25, -0.2) is 0 Å². The molecule has 1 heterocycles. The molecule has 0 aromatic heterocycles. The van der Waals surface area contributed by atoms with E-state index >= 15 is 0 Å². The quantitative estimate of drug-likeness (QED) is 0.708. The zero-order valence-electron chi connectivity index (χ0n) is 10.9. The second-order valence-corrected chi connectivity index (χ2v) is 4.78. The Bertz CT molecular complexity index is 476. The molecule has 0 N–H and O–H groups in total. The van der Waals surface area contributed by atoms with Crippen LogP contribution in [0, 0.1) is 0 Å². The van der Waals surface area contributed by atoms with Crippen molar-refractivity contribution in [3.63, 3.8) is 0 Å². The third-order valence-electron chi connectivity index (χ3n) is 3.03. The van der Waals surface area contributed by atoms with Gasteiger partial charge >= 0.3 is 12.4 Å². The molecular formula is C13H12F6O2. The topological polar surface area (TPSA) is 18.5 Å². The van der Waals surface area contributed by atoms with Crippen molar-refractivity contribution in [1.82, 2.24) is 0 Å². The van der Waals surface area contributed by atoms with Crippen molar-refractivity contribution in [3.05, 3.63) is 34.9 Å². The largest absolute Gasteiger partial charge is 0.416 e. The first-order valence-electron chi connectivity index (χ1n) is 6.14. The summed E-state index contributed by atoms with van der Waals surface area (Å²) in [5.74, 6) is 0. The molecule has 1 aliphatic rings. The molecule has 21 heavy (non-hydrogen) atoms. The van der Waals surface area contributed by atoms with Gasteiger partial charge in [-0.05, 0) is 31.5 Å². The Morgan fingerprint density at radius 3 is 1.90 bits per heavy atom. The maximum Gasteiger partial charge on any atom is 0.416 e. The Morgan fingerprint density at radius 2 is 1.48 bits per heavy atom. The predicted octanol–water partition coefficient (Wildman–Crippen LogP) is 4.55. The van der Waals surface area contributed by atoms with Crippen LogP contribution in [0.15, 0.2) is 18.2 Å². The molecule has 1 saturated heterocycles. The molecule has 0 spiro atoms. The van der Waals surface area contributed by atoms with Gasteiger partial charge in [0, 0.05) is 5.56 Å². The first-order valence-corrected chi connectivity index (χ1v) is 6.14. The Labute approximate surface area is 116 Å². The molecule has 2 unspecified atom stereocenters. The number of alkyl halides is 6. The van der Waals surface area contributed by atoms with Gasteiger partial charge in [0.2, 0.25) is 0 Å². The van der Waals surface area contributed by atoms with Crippen LogP contribution in [0.3, 0.4) is 0 Å². The molecule has 2 atom stereocenters. The zero-order chi connectivity index (χ0) is 15.8. The minimum absolute atomic E-state index is 0.0791. The molecule has 8 heteroatoms. The van der Waals surface area contributed by atoms with Crippen LogP contribution < -0.4 is 0 Å². The third kappa shape index (κ3) is 3.88. The van der Waals surface area contributed by atoms with Gasteiger partial charge in [-0.1, -0.05) is 0 Å². The summed E-state index contributed by atoms with van der Waals surface area (Å²) < 4.78 is 86.7. The SMILES string of the molecule is CC1CCOC(c2cc(C(F)(F)F)cc(C(F)(F)F)c2)O1. The van der Waals surface area contributed by atoms with Crippen molar-refractivity contribution in [3.8, 4) is 0 Å². The normalized spacial score (nSPS) is 24.1. The van der Waals surface area contributed by atoms with Crippen LogP contribution >= 0.6 is 0 Å². The molecule has 118 valence electrons. The Kier molecular flexibility index (Phi) is 4.21. The maximum atomic E-state index is 12.7. The van der Waals surface area contributed by atoms with Crippen LogP contribution in [-0.4, -0.2) is 12.7 Å². The average molecular weight is 314 g/mol. The monoisotopic (exact) mass is 314 g/mol. The molecule has 0 saturated carbocycles. The van der Waals surface area contributed by atoms with Crippen LogP contribution in [0.2, 0.25) is 0 Å². The first-order chi connectivity index (χ1) is 9.57. The van der Waals surface area contributed by atoms with E-state index in [1.807, 2.05) is 0 Å². The lowest BCUT2D eigenvalue weighted by Crippen LogP contribution is -2.25. The highest BCUT2D eigenvalue weighted by atomic mass is 19.4. The summed E-state index contributed by atoms with van der Waals surface area (Å²) >= 11 is 0. The first kappa shape index (κ1) is 16.1. The van der Waals surface area contributed by atoms with Crippen LogP contribution in [0.25, 0.3) is 0 Å². The van der Waals surface area contributed by atoms with Gasteiger partial charge in [-0.15, -0.1) is 0 Å². The summed E-state index contributed by atoms with van der Waals surface area (Å²) in [7, 11) is 0. The van der Waals surface area contributed by atoms with Gasteiger partial charge in [0.05, 0.1) is 23.8 Å². The number of benzene rings is 1. The fourth-order valence-corrected chi connectivity index (χ4v) is 1.95. The van der Waals surface area contributed by atoms with Gasteiger partial charge in [-0.2, -0.15) is 26.3 Å². The van der Waals surface area contributed by atoms with Crippen molar-refractivity contribution < 1.29 is 35.8 Å². The van der Waals surface area contributed by atoms with Crippen LogP contribution in [0.1, 0.15) is 36.3 Å². The fourth-order valence-electron chi connectivity index (χ4n) is 1.95. The molecule has 0 aliphatic carbocycles. The maximum absolute atomic E-state index is 12.7. The van der Waals surface area contributed by atoms with Crippen LogP contribution in [0.4, 0.5) is 26.3 Å². The molecule has 2 nitrogen and oxygen atoms in total. The highest BCUT2D eigenvalue weighted by Gasteiger charge is 2.38. The molecule has 2 rings (SSSR count). The molecule has 0 amide bonds. The number of rotatable bonds is 1. The number of hydrogen-bond acceptors (Lipinski definition) is 2. The lowest BCUT2D eigenvalue weighted by molar-refractivity contribution is -0.212. The van der Waals surface area contributed by atoms with E-state index in [2.05, 4.69) is 0 Å². The minimum Gasteiger partial charge on any atom is -0.348 e. The summed E-state index contributed by atoms with van der Waals surface area (Å²) in [5.41, 5.74) is -3.04. The molecule has 0 radical (unpaired) electrons. The van der Waals surface area contributed by atoms with E-state index in [1.54, 1.807) is 6.92 Å². The summed E-state index contributed by atoms with van der Waals surface area (Å²) in [6, 6.07) is 1.33. The highest BCUT2D eigenvalue weighted by molar-refractivity contribution is 5.34. The molecule has 1 aromatic carbocycles. The van der Waals surface area contributed by atoms with Gasteiger partial charge in [0.1, 0.15) is 0 Å². The van der Waals surface area contributed by atoms with Crippen LogP contribution in [-0.2, 0) is 21.8 Å².